The lowest BCUT2D eigenvalue weighted by Crippen LogP contribution is -2.29. The monoisotopic (exact) mass is 314 g/mol. The van der Waals surface area contributed by atoms with E-state index in [1.807, 2.05) is 18.2 Å². The number of carbonyl (C=O) groups is 1. The third kappa shape index (κ3) is 5.30. The number of benzene rings is 2. The summed E-state index contributed by atoms with van der Waals surface area (Å²) < 4.78 is 10.4. The van der Waals surface area contributed by atoms with Crippen molar-refractivity contribution in [1.82, 2.24) is 5.32 Å². The van der Waals surface area contributed by atoms with Gasteiger partial charge in [0.25, 0.3) is 0 Å². The summed E-state index contributed by atoms with van der Waals surface area (Å²) in [5, 5.41) is 5.96. The second kappa shape index (κ2) is 8.80. The highest BCUT2D eigenvalue weighted by atomic mass is 16.5. The first-order valence-corrected chi connectivity index (χ1v) is 7.49. The molecular formula is C18H22N2O3. The van der Waals surface area contributed by atoms with E-state index in [1.54, 1.807) is 32.4 Å². The van der Waals surface area contributed by atoms with Crippen LogP contribution in [0, 0.1) is 0 Å². The number of carbonyl (C=O) groups excluding carboxylic acids is 1. The molecule has 0 aliphatic carbocycles. The molecule has 0 bridgehead atoms. The van der Waals surface area contributed by atoms with Gasteiger partial charge in [0.1, 0.15) is 11.5 Å². The van der Waals surface area contributed by atoms with Crippen molar-refractivity contribution < 1.29 is 14.3 Å². The topological polar surface area (TPSA) is 59.6 Å². The molecule has 2 aromatic rings. The largest absolute Gasteiger partial charge is 0.497 e. The smallest absolute Gasteiger partial charge is 0.238 e. The average molecular weight is 314 g/mol. The molecule has 2 aromatic carbocycles. The lowest BCUT2D eigenvalue weighted by Gasteiger charge is -2.12. The van der Waals surface area contributed by atoms with E-state index in [0.29, 0.717) is 17.2 Å². The molecule has 2 N–H and O–H groups in total. The van der Waals surface area contributed by atoms with Gasteiger partial charge < -0.3 is 20.1 Å². The summed E-state index contributed by atoms with van der Waals surface area (Å²) in [4.78, 5) is 12.0. The van der Waals surface area contributed by atoms with Gasteiger partial charge in [-0.2, -0.15) is 0 Å². The summed E-state index contributed by atoms with van der Waals surface area (Å²) in [6.45, 7) is 0.986. The highest BCUT2D eigenvalue weighted by Crippen LogP contribution is 2.28. The zero-order valence-electron chi connectivity index (χ0n) is 13.5. The Morgan fingerprint density at radius 2 is 1.83 bits per heavy atom. The summed E-state index contributed by atoms with van der Waals surface area (Å²) in [5.74, 6) is 1.14. The molecule has 2 rings (SSSR count). The summed E-state index contributed by atoms with van der Waals surface area (Å²) in [7, 11) is 3.15. The fourth-order valence-electron chi connectivity index (χ4n) is 2.19. The van der Waals surface area contributed by atoms with Gasteiger partial charge in [0.05, 0.1) is 26.5 Å². The van der Waals surface area contributed by atoms with Crippen molar-refractivity contribution in [3.63, 3.8) is 0 Å². The van der Waals surface area contributed by atoms with Crippen LogP contribution >= 0.6 is 0 Å². The number of nitrogens with one attached hydrogen (secondary N) is 2. The summed E-state index contributed by atoms with van der Waals surface area (Å²) >= 11 is 0. The maximum Gasteiger partial charge on any atom is 0.238 e. The number of ether oxygens (including phenoxy) is 2. The van der Waals surface area contributed by atoms with Crippen molar-refractivity contribution in [2.45, 2.75) is 6.42 Å². The van der Waals surface area contributed by atoms with E-state index in [1.165, 1.54) is 5.56 Å². The summed E-state index contributed by atoms with van der Waals surface area (Å²) in [6, 6.07) is 15.4. The van der Waals surface area contributed by atoms with Gasteiger partial charge in [-0.05, 0) is 30.7 Å². The van der Waals surface area contributed by atoms with Gasteiger partial charge in [0.15, 0.2) is 0 Å². The lowest BCUT2D eigenvalue weighted by atomic mass is 10.1. The maximum atomic E-state index is 12.0. The van der Waals surface area contributed by atoms with Crippen LogP contribution in [0.4, 0.5) is 5.69 Å². The molecule has 122 valence electrons. The van der Waals surface area contributed by atoms with E-state index < -0.39 is 0 Å². The van der Waals surface area contributed by atoms with Gasteiger partial charge in [-0.15, -0.1) is 0 Å². The predicted octanol–water partition coefficient (Wildman–Crippen LogP) is 2.47. The first-order valence-electron chi connectivity index (χ1n) is 7.49. The van der Waals surface area contributed by atoms with Crippen LogP contribution < -0.4 is 20.1 Å². The molecule has 1 amide bonds. The molecule has 0 atom stereocenters. The minimum Gasteiger partial charge on any atom is -0.497 e. The van der Waals surface area contributed by atoms with Crippen LogP contribution in [-0.4, -0.2) is 33.2 Å². The molecule has 0 radical (unpaired) electrons. The molecule has 23 heavy (non-hydrogen) atoms. The highest BCUT2D eigenvalue weighted by Gasteiger charge is 2.08. The third-order valence-corrected chi connectivity index (χ3v) is 3.40. The molecule has 5 heteroatoms. The fraction of sp³-hybridized carbons (Fsp3) is 0.278. The Morgan fingerprint density at radius 3 is 2.52 bits per heavy atom. The van der Waals surface area contributed by atoms with Gasteiger partial charge in [-0.1, -0.05) is 30.3 Å². The van der Waals surface area contributed by atoms with E-state index in [0.717, 1.165) is 13.0 Å². The van der Waals surface area contributed by atoms with E-state index in [9.17, 15) is 4.79 Å². The Bertz CT molecular complexity index is 629. The second-order valence-electron chi connectivity index (χ2n) is 5.03. The number of anilines is 1. The van der Waals surface area contributed by atoms with Crippen LogP contribution in [0.15, 0.2) is 48.5 Å². The maximum absolute atomic E-state index is 12.0. The summed E-state index contributed by atoms with van der Waals surface area (Å²) in [6.07, 6.45) is 0.886. The summed E-state index contributed by atoms with van der Waals surface area (Å²) in [5.41, 5.74) is 1.84. The first-order chi connectivity index (χ1) is 11.2. The molecule has 0 spiro atoms. The van der Waals surface area contributed by atoms with E-state index >= 15 is 0 Å². The Balaban J connectivity index is 1.80. The van der Waals surface area contributed by atoms with Gasteiger partial charge in [0, 0.05) is 6.07 Å². The minimum absolute atomic E-state index is 0.121. The Kier molecular flexibility index (Phi) is 6.44. The van der Waals surface area contributed by atoms with E-state index in [-0.39, 0.29) is 12.5 Å². The number of methoxy groups -OCH3 is 2. The zero-order chi connectivity index (χ0) is 16.5. The van der Waals surface area contributed by atoms with Crippen molar-refractivity contribution in [1.29, 1.82) is 0 Å². The molecule has 5 nitrogen and oxygen atoms in total. The predicted molar refractivity (Wildman–Crippen MR) is 91.2 cm³/mol. The highest BCUT2D eigenvalue weighted by molar-refractivity contribution is 5.93. The standard InChI is InChI=1S/C18H22N2O3/c1-22-15-8-9-17(23-2)16(12-15)20-18(21)13-19-11-10-14-6-4-3-5-7-14/h3-9,12,19H,10-11,13H2,1-2H3,(H,20,21). The molecule has 0 saturated heterocycles. The molecule has 0 unspecified atom stereocenters. The van der Waals surface area contributed by atoms with Crippen LogP contribution in [0.3, 0.4) is 0 Å². The number of hydrogen-bond acceptors (Lipinski definition) is 4. The van der Waals surface area contributed by atoms with Crippen LogP contribution in [-0.2, 0) is 11.2 Å². The van der Waals surface area contributed by atoms with Crippen molar-refractivity contribution in [2.75, 3.05) is 32.6 Å². The normalized spacial score (nSPS) is 10.2. The number of amides is 1. The van der Waals surface area contributed by atoms with Gasteiger partial charge in [-0.25, -0.2) is 0 Å². The third-order valence-electron chi connectivity index (χ3n) is 3.40. The zero-order valence-corrected chi connectivity index (χ0v) is 13.5. The number of rotatable bonds is 8. The molecule has 0 heterocycles. The Morgan fingerprint density at radius 1 is 1.04 bits per heavy atom. The molecule has 0 aliphatic heterocycles. The quantitative estimate of drug-likeness (QED) is 0.735. The molecule has 0 fully saturated rings. The first kappa shape index (κ1) is 16.8. The number of hydrogen-bond donors (Lipinski definition) is 2. The lowest BCUT2D eigenvalue weighted by molar-refractivity contribution is -0.115. The van der Waals surface area contributed by atoms with Crippen LogP contribution in [0.5, 0.6) is 11.5 Å². The van der Waals surface area contributed by atoms with Gasteiger partial charge >= 0.3 is 0 Å². The van der Waals surface area contributed by atoms with Crippen molar-refractivity contribution in [3.05, 3.63) is 54.1 Å². The van der Waals surface area contributed by atoms with Gasteiger partial charge in [-0.3, -0.25) is 4.79 Å². The van der Waals surface area contributed by atoms with E-state index in [4.69, 9.17) is 9.47 Å². The Hall–Kier alpha value is -2.53. The fourth-order valence-corrected chi connectivity index (χ4v) is 2.19. The Labute approximate surface area is 136 Å². The van der Waals surface area contributed by atoms with Crippen LogP contribution in [0.1, 0.15) is 5.56 Å². The van der Waals surface area contributed by atoms with Crippen molar-refractivity contribution >= 4 is 11.6 Å². The molecular weight excluding hydrogens is 292 g/mol. The van der Waals surface area contributed by atoms with E-state index in [2.05, 4.69) is 22.8 Å². The average Bonchev–Trinajstić information content (AvgIpc) is 2.59. The van der Waals surface area contributed by atoms with Crippen molar-refractivity contribution in [2.24, 2.45) is 0 Å². The molecule has 0 aliphatic rings. The minimum atomic E-state index is -0.121. The van der Waals surface area contributed by atoms with Crippen LogP contribution in [0.2, 0.25) is 0 Å². The SMILES string of the molecule is COc1ccc(OC)c(NC(=O)CNCCc2ccccc2)c1. The van der Waals surface area contributed by atoms with Crippen LogP contribution in [0.25, 0.3) is 0 Å². The van der Waals surface area contributed by atoms with Gasteiger partial charge in [0.2, 0.25) is 5.91 Å². The second-order valence-corrected chi connectivity index (χ2v) is 5.03. The molecule has 0 saturated carbocycles. The van der Waals surface area contributed by atoms with Crippen molar-refractivity contribution in [3.8, 4) is 11.5 Å². The molecule has 0 aromatic heterocycles.